The predicted molar refractivity (Wildman–Crippen MR) is 81.7 cm³/mol. The number of hydrogen-bond donors (Lipinski definition) is 2. The number of aliphatic carboxylic acids is 1. The van der Waals surface area contributed by atoms with E-state index in [1.54, 1.807) is 23.3 Å². The summed E-state index contributed by atoms with van der Waals surface area (Å²) in [7, 11) is 0. The van der Waals surface area contributed by atoms with E-state index in [9.17, 15) is 9.59 Å². The Hall–Kier alpha value is -2.50. The number of carboxylic acid groups (broad SMARTS) is 1. The van der Waals surface area contributed by atoms with E-state index in [2.05, 4.69) is 5.32 Å². The van der Waals surface area contributed by atoms with E-state index in [0.29, 0.717) is 24.2 Å². The molecule has 3 rings (SSSR count). The number of amides is 2. The number of rotatable bonds is 2. The number of benzene rings is 1. The zero-order valence-electron chi connectivity index (χ0n) is 12.3. The quantitative estimate of drug-likeness (QED) is 0.893. The van der Waals surface area contributed by atoms with Crippen molar-refractivity contribution in [2.45, 2.75) is 13.3 Å². The fourth-order valence-corrected chi connectivity index (χ4v) is 2.93. The van der Waals surface area contributed by atoms with E-state index in [0.717, 1.165) is 5.39 Å². The van der Waals surface area contributed by atoms with Crippen molar-refractivity contribution in [3.05, 3.63) is 30.5 Å². The van der Waals surface area contributed by atoms with Crippen LogP contribution < -0.4 is 5.32 Å². The maximum Gasteiger partial charge on any atom is 0.321 e. The third-order valence-corrected chi connectivity index (χ3v) is 4.00. The molecule has 0 spiro atoms. The molecule has 1 aromatic heterocycles. The van der Waals surface area contributed by atoms with E-state index in [-0.39, 0.29) is 18.5 Å². The molecule has 1 fully saturated rings. The van der Waals surface area contributed by atoms with Crippen molar-refractivity contribution in [3.63, 3.8) is 0 Å². The van der Waals surface area contributed by atoms with Gasteiger partial charge in [0.2, 0.25) is 0 Å². The summed E-state index contributed by atoms with van der Waals surface area (Å²) in [4.78, 5) is 25.1. The Morgan fingerprint density at radius 2 is 2.14 bits per heavy atom. The zero-order valence-corrected chi connectivity index (χ0v) is 12.3. The summed E-state index contributed by atoms with van der Waals surface area (Å²) in [6, 6.07) is 7.01. The van der Waals surface area contributed by atoms with Gasteiger partial charge in [-0.05, 0) is 30.5 Å². The van der Waals surface area contributed by atoms with Crippen LogP contribution >= 0.6 is 0 Å². The van der Waals surface area contributed by atoms with Gasteiger partial charge in [0.1, 0.15) is 5.58 Å². The maximum absolute atomic E-state index is 12.3. The van der Waals surface area contributed by atoms with Gasteiger partial charge >= 0.3 is 12.0 Å². The minimum absolute atomic E-state index is 0.174. The summed E-state index contributed by atoms with van der Waals surface area (Å²) in [5, 5.41) is 12.9. The number of urea groups is 1. The fraction of sp³-hybridized carbons (Fsp3) is 0.375. The van der Waals surface area contributed by atoms with Crippen LogP contribution in [0.25, 0.3) is 11.0 Å². The summed E-state index contributed by atoms with van der Waals surface area (Å²) in [6.07, 6.45) is 2.21. The monoisotopic (exact) mass is 302 g/mol. The molecular weight excluding hydrogens is 284 g/mol. The molecule has 1 aliphatic heterocycles. The smallest absolute Gasteiger partial charge is 0.321 e. The van der Waals surface area contributed by atoms with E-state index < -0.39 is 11.9 Å². The zero-order chi connectivity index (χ0) is 15.7. The Kier molecular flexibility index (Phi) is 3.75. The van der Waals surface area contributed by atoms with Gasteiger partial charge in [0.05, 0.1) is 12.2 Å². The molecule has 0 aliphatic carbocycles. The van der Waals surface area contributed by atoms with Gasteiger partial charge in [-0.2, -0.15) is 0 Å². The standard InChI is InChI=1S/C16H18N2O4/c1-10-6-12(15(19)20)9-18(8-10)16(21)17-13-3-2-11-4-5-22-14(11)7-13/h2-5,7,10,12H,6,8-9H2,1H3,(H,17,21)(H,19,20). The first-order valence-electron chi connectivity index (χ1n) is 7.29. The van der Waals surface area contributed by atoms with Crippen LogP contribution in [0.1, 0.15) is 13.3 Å². The minimum atomic E-state index is -0.846. The van der Waals surface area contributed by atoms with E-state index in [1.165, 1.54) is 0 Å². The fourth-order valence-electron chi connectivity index (χ4n) is 2.93. The van der Waals surface area contributed by atoms with Crippen molar-refractivity contribution in [2.75, 3.05) is 18.4 Å². The molecule has 2 N–H and O–H groups in total. The van der Waals surface area contributed by atoms with Crippen LogP contribution in [0.2, 0.25) is 0 Å². The van der Waals surface area contributed by atoms with Gasteiger partial charge in [0.25, 0.3) is 0 Å². The lowest BCUT2D eigenvalue weighted by Crippen LogP contribution is -2.47. The molecule has 0 bridgehead atoms. The number of fused-ring (bicyclic) bond motifs is 1. The van der Waals surface area contributed by atoms with Crippen molar-refractivity contribution in [1.29, 1.82) is 0 Å². The average Bonchev–Trinajstić information content (AvgIpc) is 2.94. The summed E-state index contributed by atoms with van der Waals surface area (Å²) in [5.41, 5.74) is 1.34. The number of carbonyl (C=O) groups excluding carboxylic acids is 1. The number of hydrogen-bond acceptors (Lipinski definition) is 3. The summed E-state index contributed by atoms with van der Waals surface area (Å²) >= 11 is 0. The van der Waals surface area contributed by atoms with Crippen molar-refractivity contribution >= 4 is 28.7 Å². The highest BCUT2D eigenvalue weighted by molar-refractivity contribution is 5.92. The Morgan fingerprint density at radius 1 is 1.32 bits per heavy atom. The normalized spacial score (nSPS) is 21.8. The minimum Gasteiger partial charge on any atom is -0.481 e. The first-order valence-corrected chi connectivity index (χ1v) is 7.29. The highest BCUT2D eigenvalue weighted by atomic mass is 16.4. The number of likely N-dealkylation sites (tertiary alicyclic amines) is 1. The lowest BCUT2D eigenvalue weighted by Gasteiger charge is -2.34. The van der Waals surface area contributed by atoms with Crippen molar-refractivity contribution in [2.24, 2.45) is 11.8 Å². The first kappa shape index (κ1) is 14.4. The maximum atomic E-state index is 12.3. The largest absolute Gasteiger partial charge is 0.481 e. The van der Waals surface area contributed by atoms with Gasteiger partial charge in [-0.3, -0.25) is 4.79 Å². The number of nitrogens with zero attached hydrogens (tertiary/aromatic N) is 1. The molecule has 0 radical (unpaired) electrons. The van der Waals surface area contributed by atoms with Crippen molar-refractivity contribution < 1.29 is 19.1 Å². The number of anilines is 1. The van der Waals surface area contributed by atoms with Crippen LogP contribution in [0.4, 0.5) is 10.5 Å². The first-order chi connectivity index (χ1) is 10.5. The lowest BCUT2D eigenvalue weighted by molar-refractivity contribution is -0.143. The molecular formula is C16H18N2O4. The van der Waals surface area contributed by atoms with Crippen LogP contribution in [-0.4, -0.2) is 35.1 Å². The van der Waals surface area contributed by atoms with Crippen LogP contribution in [-0.2, 0) is 4.79 Å². The van der Waals surface area contributed by atoms with Crippen LogP contribution in [0.3, 0.4) is 0 Å². The molecule has 116 valence electrons. The summed E-state index contributed by atoms with van der Waals surface area (Å²) in [5.74, 6) is -1.17. The second kappa shape index (κ2) is 5.71. The van der Waals surface area contributed by atoms with Gasteiger partial charge in [0, 0.05) is 30.2 Å². The molecule has 2 amide bonds. The van der Waals surface area contributed by atoms with Crippen molar-refractivity contribution in [3.8, 4) is 0 Å². The SMILES string of the molecule is CC1CC(C(=O)O)CN(C(=O)Nc2ccc3ccoc3c2)C1. The Bertz CT molecular complexity index is 709. The molecule has 0 saturated carbocycles. The van der Waals surface area contributed by atoms with Gasteiger partial charge < -0.3 is 19.7 Å². The second-order valence-electron chi connectivity index (χ2n) is 5.88. The van der Waals surface area contributed by atoms with Crippen LogP contribution in [0.15, 0.2) is 34.9 Å². The number of carboxylic acids is 1. The van der Waals surface area contributed by atoms with Crippen LogP contribution in [0, 0.1) is 11.8 Å². The summed E-state index contributed by atoms with van der Waals surface area (Å²) < 4.78 is 5.31. The van der Waals surface area contributed by atoms with E-state index in [4.69, 9.17) is 9.52 Å². The number of nitrogens with one attached hydrogen (secondary N) is 1. The Morgan fingerprint density at radius 3 is 2.91 bits per heavy atom. The molecule has 2 heterocycles. The molecule has 2 aromatic rings. The third-order valence-electron chi connectivity index (χ3n) is 4.00. The lowest BCUT2D eigenvalue weighted by atomic mass is 9.91. The van der Waals surface area contributed by atoms with E-state index in [1.807, 2.05) is 19.1 Å². The van der Waals surface area contributed by atoms with Gasteiger partial charge in [-0.15, -0.1) is 0 Å². The molecule has 1 aliphatic rings. The molecule has 6 heteroatoms. The number of piperidine rings is 1. The molecule has 1 saturated heterocycles. The van der Waals surface area contributed by atoms with Crippen molar-refractivity contribution in [1.82, 2.24) is 4.90 Å². The van der Waals surface area contributed by atoms with Gasteiger partial charge in [0.15, 0.2) is 0 Å². The Labute approximate surface area is 127 Å². The van der Waals surface area contributed by atoms with E-state index >= 15 is 0 Å². The number of furan rings is 1. The van der Waals surface area contributed by atoms with Crippen LogP contribution in [0.5, 0.6) is 0 Å². The number of carbonyl (C=O) groups is 2. The third kappa shape index (κ3) is 2.90. The highest BCUT2D eigenvalue weighted by Crippen LogP contribution is 2.24. The Balaban J connectivity index is 1.71. The van der Waals surface area contributed by atoms with Gasteiger partial charge in [-0.25, -0.2) is 4.79 Å². The molecule has 6 nitrogen and oxygen atoms in total. The average molecular weight is 302 g/mol. The topological polar surface area (TPSA) is 82.8 Å². The second-order valence-corrected chi connectivity index (χ2v) is 5.88. The summed E-state index contributed by atoms with van der Waals surface area (Å²) in [6.45, 7) is 2.78. The molecule has 22 heavy (non-hydrogen) atoms. The predicted octanol–water partition coefficient (Wildman–Crippen LogP) is 3.01. The molecule has 1 aromatic carbocycles. The molecule has 2 unspecified atom stereocenters. The molecule has 2 atom stereocenters. The van der Waals surface area contributed by atoms with Gasteiger partial charge in [-0.1, -0.05) is 6.92 Å². The highest BCUT2D eigenvalue weighted by Gasteiger charge is 2.31.